The number of esters is 1. The third-order valence-corrected chi connectivity index (χ3v) is 1.95. The van der Waals surface area contributed by atoms with E-state index in [4.69, 9.17) is 4.74 Å². The first kappa shape index (κ1) is 13.0. The molecule has 4 nitrogen and oxygen atoms in total. The van der Waals surface area contributed by atoms with Crippen molar-refractivity contribution in [3.05, 3.63) is 35.9 Å². The SMILES string of the molecule is CC(=O)Nc1ccccc1/C=C/COC(C)=O. The highest BCUT2D eigenvalue weighted by Crippen LogP contribution is 2.16. The van der Waals surface area contributed by atoms with Gasteiger partial charge in [0.15, 0.2) is 0 Å². The maximum absolute atomic E-state index is 11.0. The number of ether oxygens (including phenoxy) is 1. The summed E-state index contributed by atoms with van der Waals surface area (Å²) in [4.78, 5) is 21.5. The van der Waals surface area contributed by atoms with E-state index in [1.807, 2.05) is 24.3 Å². The Hall–Kier alpha value is -2.10. The van der Waals surface area contributed by atoms with Crippen LogP contribution in [0.15, 0.2) is 30.3 Å². The number of hydrogen-bond donors (Lipinski definition) is 1. The van der Waals surface area contributed by atoms with E-state index in [0.717, 1.165) is 11.3 Å². The summed E-state index contributed by atoms with van der Waals surface area (Å²) in [5, 5.41) is 2.73. The topological polar surface area (TPSA) is 55.4 Å². The first-order chi connectivity index (χ1) is 8.09. The van der Waals surface area contributed by atoms with Crippen LogP contribution in [0.4, 0.5) is 5.69 Å². The molecule has 1 aromatic carbocycles. The summed E-state index contributed by atoms with van der Waals surface area (Å²) in [6.45, 7) is 3.04. The van der Waals surface area contributed by atoms with E-state index in [-0.39, 0.29) is 18.5 Å². The molecule has 1 amide bonds. The van der Waals surface area contributed by atoms with E-state index >= 15 is 0 Å². The van der Waals surface area contributed by atoms with E-state index in [2.05, 4.69) is 5.32 Å². The van der Waals surface area contributed by atoms with Gasteiger partial charge in [0.25, 0.3) is 0 Å². The van der Waals surface area contributed by atoms with E-state index < -0.39 is 0 Å². The van der Waals surface area contributed by atoms with Crippen LogP contribution in [0.25, 0.3) is 6.08 Å². The lowest BCUT2D eigenvalue weighted by Gasteiger charge is -2.05. The molecule has 0 bridgehead atoms. The Morgan fingerprint density at radius 2 is 2.00 bits per heavy atom. The van der Waals surface area contributed by atoms with E-state index in [1.54, 1.807) is 12.2 Å². The summed E-state index contributed by atoms with van der Waals surface area (Å²) >= 11 is 0. The van der Waals surface area contributed by atoms with Gasteiger partial charge in [-0.1, -0.05) is 24.3 Å². The third-order valence-electron chi connectivity index (χ3n) is 1.95. The molecule has 0 saturated carbocycles. The predicted molar refractivity (Wildman–Crippen MR) is 66.4 cm³/mol. The predicted octanol–water partition coefficient (Wildman–Crippen LogP) is 2.22. The van der Waals surface area contributed by atoms with E-state index in [9.17, 15) is 9.59 Å². The second-order valence-corrected chi connectivity index (χ2v) is 3.47. The van der Waals surface area contributed by atoms with Gasteiger partial charge in [0.2, 0.25) is 5.91 Å². The van der Waals surface area contributed by atoms with Gasteiger partial charge in [-0.25, -0.2) is 0 Å². The van der Waals surface area contributed by atoms with Crippen LogP contribution in [0.1, 0.15) is 19.4 Å². The maximum Gasteiger partial charge on any atom is 0.302 e. The number of nitrogens with one attached hydrogen (secondary N) is 1. The number of carbonyl (C=O) groups excluding carboxylic acids is 2. The lowest BCUT2D eigenvalue weighted by molar-refractivity contribution is -0.139. The van der Waals surface area contributed by atoms with Crippen LogP contribution in [0, 0.1) is 0 Å². The normalized spacial score (nSPS) is 10.2. The number of rotatable bonds is 4. The van der Waals surface area contributed by atoms with Gasteiger partial charge in [0, 0.05) is 19.5 Å². The number of amides is 1. The van der Waals surface area contributed by atoms with Crippen LogP contribution in [-0.2, 0) is 14.3 Å². The van der Waals surface area contributed by atoms with E-state index in [1.165, 1.54) is 13.8 Å². The van der Waals surface area contributed by atoms with Crippen molar-refractivity contribution >= 4 is 23.6 Å². The Morgan fingerprint density at radius 1 is 1.29 bits per heavy atom. The van der Waals surface area contributed by atoms with Crippen LogP contribution in [0.3, 0.4) is 0 Å². The molecule has 0 fully saturated rings. The fourth-order valence-corrected chi connectivity index (χ4v) is 1.29. The standard InChI is InChI=1S/C13H15NO3/c1-10(15)14-13-8-4-3-6-12(13)7-5-9-17-11(2)16/h3-8H,9H2,1-2H3,(H,14,15)/b7-5+. The average Bonchev–Trinajstić information content (AvgIpc) is 2.25. The smallest absolute Gasteiger partial charge is 0.302 e. The lowest BCUT2D eigenvalue weighted by atomic mass is 10.1. The Morgan fingerprint density at radius 3 is 2.65 bits per heavy atom. The number of carbonyl (C=O) groups is 2. The van der Waals surface area contributed by atoms with Crippen molar-refractivity contribution in [2.45, 2.75) is 13.8 Å². The number of para-hydroxylation sites is 1. The van der Waals surface area contributed by atoms with Gasteiger partial charge in [-0.2, -0.15) is 0 Å². The Kier molecular flexibility index (Phi) is 4.94. The largest absolute Gasteiger partial charge is 0.462 e. The summed E-state index contributed by atoms with van der Waals surface area (Å²) in [5.41, 5.74) is 1.61. The molecule has 90 valence electrons. The number of benzene rings is 1. The minimum absolute atomic E-state index is 0.120. The van der Waals surface area contributed by atoms with Crippen molar-refractivity contribution in [3.8, 4) is 0 Å². The minimum Gasteiger partial charge on any atom is -0.462 e. The molecule has 0 atom stereocenters. The molecule has 1 aromatic rings. The number of hydrogen-bond acceptors (Lipinski definition) is 3. The molecule has 0 aromatic heterocycles. The molecule has 0 aliphatic carbocycles. The lowest BCUT2D eigenvalue weighted by Crippen LogP contribution is -2.06. The molecular weight excluding hydrogens is 218 g/mol. The van der Waals surface area contributed by atoms with Crippen molar-refractivity contribution < 1.29 is 14.3 Å². The monoisotopic (exact) mass is 233 g/mol. The molecule has 0 aliphatic rings. The fourth-order valence-electron chi connectivity index (χ4n) is 1.29. The molecule has 1 N–H and O–H groups in total. The highest BCUT2D eigenvalue weighted by atomic mass is 16.5. The van der Waals surface area contributed by atoms with Crippen LogP contribution in [0.5, 0.6) is 0 Å². The molecular formula is C13H15NO3. The van der Waals surface area contributed by atoms with Gasteiger partial charge in [0.1, 0.15) is 6.61 Å². The van der Waals surface area contributed by atoms with Crippen LogP contribution in [-0.4, -0.2) is 18.5 Å². The van der Waals surface area contributed by atoms with Crippen molar-refractivity contribution in [2.75, 3.05) is 11.9 Å². The average molecular weight is 233 g/mol. The molecule has 1 rings (SSSR count). The first-order valence-electron chi connectivity index (χ1n) is 5.26. The zero-order valence-electron chi connectivity index (χ0n) is 9.90. The minimum atomic E-state index is -0.315. The van der Waals surface area contributed by atoms with Gasteiger partial charge in [-0.3, -0.25) is 9.59 Å². The van der Waals surface area contributed by atoms with Crippen molar-refractivity contribution in [1.82, 2.24) is 0 Å². The Bertz CT molecular complexity index is 438. The molecule has 0 spiro atoms. The first-order valence-corrected chi connectivity index (χ1v) is 5.26. The van der Waals surface area contributed by atoms with Gasteiger partial charge in [0.05, 0.1) is 0 Å². The molecule has 17 heavy (non-hydrogen) atoms. The summed E-state index contributed by atoms with van der Waals surface area (Å²) in [7, 11) is 0. The van der Waals surface area contributed by atoms with Gasteiger partial charge < -0.3 is 10.1 Å². The Balaban J connectivity index is 2.69. The fraction of sp³-hybridized carbons (Fsp3) is 0.231. The summed E-state index contributed by atoms with van der Waals surface area (Å²) in [6.07, 6.45) is 3.52. The van der Waals surface area contributed by atoms with Crippen LogP contribution >= 0.6 is 0 Å². The Labute approximate surface area is 100 Å². The van der Waals surface area contributed by atoms with Crippen molar-refractivity contribution in [3.63, 3.8) is 0 Å². The molecule has 0 radical (unpaired) electrons. The van der Waals surface area contributed by atoms with Crippen molar-refractivity contribution in [1.29, 1.82) is 0 Å². The maximum atomic E-state index is 11.0. The molecule has 0 aliphatic heterocycles. The zero-order chi connectivity index (χ0) is 12.7. The highest BCUT2D eigenvalue weighted by molar-refractivity contribution is 5.91. The van der Waals surface area contributed by atoms with Crippen LogP contribution < -0.4 is 5.32 Å². The molecule has 4 heteroatoms. The van der Waals surface area contributed by atoms with Gasteiger partial charge in [-0.15, -0.1) is 0 Å². The van der Waals surface area contributed by atoms with E-state index in [0.29, 0.717) is 0 Å². The van der Waals surface area contributed by atoms with Crippen LogP contribution in [0.2, 0.25) is 0 Å². The molecule has 0 saturated heterocycles. The zero-order valence-corrected chi connectivity index (χ0v) is 9.90. The third kappa shape index (κ3) is 4.97. The van der Waals surface area contributed by atoms with Gasteiger partial charge >= 0.3 is 5.97 Å². The second-order valence-electron chi connectivity index (χ2n) is 3.47. The molecule has 0 unspecified atom stereocenters. The van der Waals surface area contributed by atoms with Crippen molar-refractivity contribution in [2.24, 2.45) is 0 Å². The quantitative estimate of drug-likeness (QED) is 0.811. The highest BCUT2D eigenvalue weighted by Gasteiger charge is 1.99. The van der Waals surface area contributed by atoms with Gasteiger partial charge in [-0.05, 0) is 17.7 Å². The summed E-state index contributed by atoms with van der Waals surface area (Å²) < 4.78 is 4.77. The summed E-state index contributed by atoms with van der Waals surface area (Å²) in [5.74, 6) is -0.435. The number of anilines is 1. The summed E-state index contributed by atoms with van der Waals surface area (Å²) in [6, 6.07) is 7.40. The molecule has 0 heterocycles. The second kappa shape index (κ2) is 6.48.